The largest absolute Gasteiger partial charge is 0.463 e. The van der Waals surface area contributed by atoms with Gasteiger partial charge in [-0.15, -0.1) is 0 Å². The number of aryl methyl sites for hydroxylation is 1. The maximum atomic E-state index is 13.3. The first kappa shape index (κ1) is 25.9. The molecule has 190 valence electrons. The van der Waals surface area contributed by atoms with E-state index >= 15 is 0 Å². The van der Waals surface area contributed by atoms with Crippen LogP contribution in [0.4, 0.5) is 0 Å². The van der Waals surface area contributed by atoms with E-state index in [1.807, 2.05) is 73.7 Å². The van der Waals surface area contributed by atoms with Crippen molar-refractivity contribution in [3.8, 4) is 0 Å². The lowest BCUT2D eigenvalue weighted by molar-refractivity contribution is -0.140. The van der Waals surface area contributed by atoms with E-state index in [-0.39, 0.29) is 30.8 Å². The van der Waals surface area contributed by atoms with Crippen molar-refractivity contribution in [3.63, 3.8) is 0 Å². The summed E-state index contributed by atoms with van der Waals surface area (Å²) in [6.45, 7) is 6.59. The summed E-state index contributed by atoms with van der Waals surface area (Å²) in [5, 5.41) is 2.92. The molecular weight excluding hydrogens is 464 g/mol. The van der Waals surface area contributed by atoms with Crippen molar-refractivity contribution >= 4 is 17.8 Å². The Labute approximate surface area is 218 Å². The number of carbonyl (C=O) groups excluding carboxylic acids is 3. The Morgan fingerprint density at radius 3 is 2.35 bits per heavy atom. The molecule has 0 bridgehead atoms. The van der Waals surface area contributed by atoms with Crippen molar-refractivity contribution in [2.75, 3.05) is 6.61 Å². The molecule has 37 heavy (non-hydrogen) atoms. The number of hydrogen-bond acceptors (Lipinski definition) is 4. The molecule has 1 N–H and O–H groups in total. The zero-order valence-electron chi connectivity index (χ0n) is 21.5. The minimum atomic E-state index is -0.394. The molecule has 1 unspecified atom stereocenters. The Morgan fingerprint density at radius 1 is 0.946 bits per heavy atom. The van der Waals surface area contributed by atoms with Crippen molar-refractivity contribution in [1.29, 1.82) is 0 Å². The van der Waals surface area contributed by atoms with Gasteiger partial charge in [0.25, 0.3) is 5.91 Å². The minimum absolute atomic E-state index is 0.0539. The van der Waals surface area contributed by atoms with Crippen LogP contribution in [0, 0.1) is 6.92 Å². The van der Waals surface area contributed by atoms with E-state index in [0.29, 0.717) is 29.9 Å². The molecule has 3 aromatic rings. The van der Waals surface area contributed by atoms with Crippen LogP contribution >= 0.6 is 0 Å². The molecule has 4 rings (SSSR count). The van der Waals surface area contributed by atoms with Gasteiger partial charge in [0.15, 0.2) is 0 Å². The maximum Gasteiger partial charge on any atom is 0.336 e. The minimum Gasteiger partial charge on any atom is -0.463 e. The third kappa shape index (κ3) is 6.15. The Morgan fingerprint density at radius 2 is 1.68 bits per heavy atom. The van der Waals surface area contributed by atoms with Crippen molar-refractivity contribution in [2.24, 2.45) is 0 Å². The lowest BCUT2D eigenvalue weighted by atomic mass is 9.83. The first-order valence-electron chi connectivity index (χ1n) is 12.5. The van der Waals surface area contributed by atoms with Crippen molar-refractivity contribution in [3.05, 3.63) is 118 Å². The predicted molar refractivity (Wildman–Crippen MR) is 142 cm³/mol. The summed E-state index contributed by atoms with van der Waals surface area (Å²) in [5.41, 5.74) is 5.56. The van der Waals surface area contributed by atoms with E-state index < -0.39 is 5.97 Å². The third-order valence-corrected chi connectivity index (χ3v) is 6.62. The molecule has 2 amide bonds. The van der Waals surface area contributed by atoms with Crippen LogP contribution in [0.25, 0.3) is 0 Å². The number of carbonyl (C=O) groups is 3. The molecule has 3 aromatic carbocycles. The summed E-state index contributed by atoms with van der Waals surface area (Å²) in [7, 11) is 0. The fourth-order valence-corrected chi connectivity index (χ4v) is 4.67. The van der Waals surface area contributed by atoms with E-state index in [4.69, 9.17) is 4.74 Å². The predicted octanol–water partition coefficient (Wildman–Crippen LogP) is 5.28. The van der Waals surface area contributed by atoms with Crippen LogP contribution < -0.4 is 5.32 Å². The highest BCUT2D eigenvalue weighted by Crippen LogP contribution is 2.38. The zero-order chi connectivity index (χ0) is 26.4. The first-order valence-corrected chi connectivity index (χ1v) is 12.5. The third-order valence-electron chi connectivity index (χ3n) is 6.62. The Bertz CT molecular complexity index is 1310. The van der Waals surface area contributed by atoms with E-state index in [1.54, 1.807) is 30.9 Å². The average Bonchev–Trinajstić information content (AvgIpc) is 2.90. The molecule has 1 aliphatic heterocycles. The first-order chi connectivity index (χ1) is 17.9. The zero-order valence-corrected chi connectivity index (χ0v) is 21.5. The van der Waals surface area contributed by atoms with Crippen LogP contribution in [-0.2, 0) is 27.4 Å². The molecular formula is C31H32N2O4. The molecule has 6 heteroatoms. The maximum absolute atomic E-state index is 13.3. The fourth-order valence-electron chi connectivity index (χ4n) is 4.67. The van der Waals surface area contributed by atoms with Gasteiger partial charge in [-0.1, -0.05) is 72.3 Å². The normalized spacial score (nSPS) is 15.5. The van der Waals surface area contributed by atoms with E-state index in [1.165, 1.54) is 0 Å². The number of amides is 2. The lowest BCUT2D eigenvalue weighted by Gasteiger charge is -2.34. The molecule has 1 atom stereocenters. The molecule has 1 heterocycles. The highest BCUT2D eigenvalue weighted by molar-refractivity contribution is 5.96. The summed E-state index contributed by atoms with van der Waals surface area (Å²) < 4.78 is 5.39. The van der Waals surface area contributed by atoms with Gasteiger partial charge in [0.1, 0.15) is 0 Å². The second kappa shape index (κ2) is 11.7. The van der Waals surface area contributed by atoms with Crippen LogP contribution in [0.1, 0.15) is 58.8 Å². The number of benzene rings is 3. The fraction of sp³-hybridized carbons (Fsp3) is 0.258. The van der Waals surface area contributed by atoms with Crippen LogP contribution in [0.2, 0.25) is 0 Å². The highest BCUT2D eigenvalue weighted by atomic mass is 16.5. The van der Waals surface area contributed by atoms with Gasteiger partial charge in [-0.3, -0.25) is 9.59 Å². The van der Waals surface area contributed by atoms with Crippen LogP contribution in [0.3, 0.4) is 0 Å². The van der Waals surface area contributed by atoms with Crippen molar-refractivity contribution in [1.82, 2.24) is 10.2 Å². The SMILES string of the molecule is CCOC(=O)C1=C(C)N(Cc2ccc(C(=O)NCc3ccccc3)cc2)C(=O)CC1c1cccc(C)c1. The molecule has 6 nitrogen and oxygen atoms in total. The van der Waals surface area contributed by atoms with Gasteiger partial charge in [-0.25, -0.2) is 4.79 Å². The standard InChI is InChI=1S/C31H32N2O4/c1-4-37-31(36)29-22(3)33(28(34)18-27(29)26-12-8-9-21(2)17-26)20-24-13-15-25(16-14-24)30(35)32-19-23-10-6-5-7-11-23/h5-17,27H,4,18-20H2,1-3H3,(H,32,35). The molecule has 0 fully saturated rings. The number of esters is 1. The molecule has 0 spiro atoms. The van der Waals surface area contributed by atoms with E-state index in [2.05, 4.69) is 5.32 Å². The monoisotopic (exact) mass is 496 g/mol. The Hall–Kier alpha value is -4.19. The van der Waals surface area contributed by atoms with Crippen LogP contribution in [0.5, 0.6) is 0 Å². The van der Waals surface area contributed by atoms with E-state index in [9.17, 15) is 14.4 Å². The molecule has 0 saturated heterocycles. The number of hydrogen-bond donors (Lipinski definition) is 1. The van der Waals surface area contributed by atoms with Crippen LogP contribution in [-0.4, -0.2) is 29.3 Å². The topological polar surface area (TPSA) is 75.7 Å². The Kier molecular flexibility index (Phi) is 8.18. The summed E-state index contributed by atoms with van der Waals surface area (Å²) in [4.78, 5) is 40.5. The van der Waals surface area contributed by atoms with Gasteiger partial charge in [0.2, 0.25) is 5.91 Å². The molecule has 0 aromatic heterocycles. The second-order valence-electron chi connectivity index (χ2n) is 9.24. The van der Waals surface area contributed by atoms with E-state index in [0.717, 1.165) is 22.3 Å². The quantitative estimate of drug-likeness (QED) is 0.431. The molecule has 1 aliphatic rings. The van der Waals surface area contributed by atoms with Crippen LogP contribution in [0.15, 0.2) is 90.1 Å². The number of ether oxygens (including phenoxy) is 1. The van der Waals surface area contributed by atoms with Gasteiger partial charge < -0.3 is 15.0 Å². The number of rotatable bonds is 8. The van der Waals surface area contributed by atoms with Gasteiger partial charge in [-0.2, -0.15) is 0 Å². The molecule has 0 saturated carbocycles. The van der Waals surface area contributed by atoms with Gasteiger partial charge >= 0.3 is 5.97 Å². The average molecular weight is 497 g/mol. The molecule has 0 aliphatic carbocycles. The van der Waals surface area contributed by atoms with Gasteiger partial charge in [0, 0.05) is 30.1 Å². The summed E-state index contributed by atoms with van der Waals surface area (Å²) >= 11 is 0. The van der Waals surface area contributed by atoms with Gasteiger partial charge in [-0.05, 0) is 49.6 Å². The highest BCUT2D eigenvalue weighted by Gasteiger charge is 2.36. The van der Waals surface area contributed by atoms with Crippen molar-refractivity contribution in [2.45, 2.75) is 46.2 Å². The van der Waals surface area contributed by atoms with Crippen molar-refractivity contribution < 1.29 is 19.1 Å². The van der Waals surface area contributed by atoms with Gasteiger partial charge in [0.05, 0.1) is 18.7 Å². The lowest BCUT2D eigenvalue weighted by Crippen LogP contribution is -2.38. The number of nitrogens with zero attached hydrogens (tertiary/aromatic N) is 1. The Balaban J connectivity index is 1.53. The number of allylic oxidation sites excluding steroid dienone is 1. The number of nitrogens with one attached hydrogen (secondary N) is 1. The smallest absolute Gasteiger partial charge is 0.336 e. The summed E-state index contributed by atoms with van der Waals surface area (Å²) in [6, 6.07) is 24.8. The second-order valence-corrected chi connectivity index (χ2v) is 9.24. The summed E-state index contributed by atoms with van der Waals surface area (Å²) in [6.07, 6.45) is 0.189. The molecule has 0 radical (unpaired) electrons. The summed E-state index contributed by atoms with van der Waals surface area (Å²) in [5.74, 6) is -0.958.